The Morgan fingerprint density at radius 3 is 2.91 bits per heavy atom. The maximum atomic E-state index is 12.0. The van der Waals surface area contributed by atoms with Gasteiger partial charge in [0.05, 0.1) is 0 Å². The van der Waals surface area contributed by atoms with Gasteiger partial charge in [0.25, 0.3) is 0 Å². The van der Waals surface area contributed by atoms with Gasteiger partial charge in [-0.2, -0.15) is 5.10 Å². The molecule has 3 aromatic rings. The van der Waals surface area contributed by atoms with E-state index in [9.17, 15) is 4.79 Å². The van der Waals surface area contributed by atoms with Crippen LogP contribution in [0.15, 0.2) is 42.9 Å². The summed E-state index contributed by atoms with van der Waals surface area (Å²) in [5.74, 6) is 0.623. The van der Waals surface area contributed by atoms with Crippen molar-refractivity contribution in [3.63, 3.8) is 0 Å². The van der Waals surface area contributed by atoms with E-state index >= 15 is 0 Å². The molecule has 1 atom stereocenters. The Morgan fingerprint density at radius 2 is 2.09 bits per heavy atom. The number of H-pyrrole nitrogens is 1. The van der Waals surface area contributed by atoms with E-state index in [4.69, 9.17) is 0 Å². The van der Waals surface area contributed by atoms with Crippen LogP contribution in [0.4, 0.5) is 5.82 Å². The second-order valence-corrected chi connectivity index (χ2v) is 5.42. The van der Waals surface area contributed by atoms with Gasteiger partial charge in [-0.05, 0) is 31.2 Å². The molecule has 0 bridgehead atoms. The predicted molar refractivity (Wildman–Crippen MR) is 82.0 cm³/mol. The number of hydrogen-bond donors (Lipinski definition) is 2. The molecule has 0 fully saturated rings. The van der Waals surface area contributed by atoms with Crippen molar-refractivity contribution in [1.29, 1.82) is 0 Å². The van der Waals surface area contributed by atoms with E-state index in [1.807, 2.05) is 31.3 Å². The minimum Gasteiger partial charge on any atom is -0.320 e. The normalized spacial score (nSPS) is 17.1. The molecule has 1 aliphatic rings. The third-order valence-corrected chi connectivity index (χ3v) is 4.07. The predicted octanol–water partition coefficient (Wildman–Crippen LogP) is 2.38. The van der Waals surface area contributed by atoms with Crippen LogP contribution in [0.5, 0.6) is 0 Å². The van der Waals surface area contributed by atoms with Gasteiger partial charge in [-0.25, -0.2) is 0 Å². The first-order valence-corrected chi connectivity index (χ1v) is 7.16. The van der Waals surface area contributed by atoms with Crippen molar-refractivity contribution in [3.05, 3.63) is 59.8 Å². The van der Waals surface area contributed by atoms with Crippen LogP contribution in [0.2, 0.25) is 0 Å². The smallest absolute Gasteiger partial charge is 0.226 e. The summed E-state index contributed by atoms with van der Waals surface area (Å²) in [7, 11) is 0. The van der Waals surface area contributed by atoms with Gasteiger partial charge in [0.2, 0.25) is 5.91 Å². The van der Waals surface area contributed by atoms with Gasteiger partial charge in [-0.1, -0.05) is 0 Å². The number of nitrogens with one attached hydrogen (secondary N) is 2. The van der Waals surface area contributed by atoms with E-state index in [0.29, 0.717) is 12.2 Å². The number of nitrogens with zero attached hydrogens (tertiary/aromatic N) is 3. The Balaban J connectivity index is 1.86. The fourth-order valence-corrected chi connectivity index (χ4v) is 3.10. The lowest BCUT2D eigenvalue weighted by Crippen LogP contribution is -2.24. The van der Waals surface area contributed by atoms with Crippen LogP contribution in [0.3, 0.4) is 0 Å². The highest BCUT2D eigenvalue weighted by molar-refractivity contribution is 5.94. The van der Waals surface area contributed by atoms with Crippen LogP contribution < -0.4 is 5.32 Å². The first-order valence-electron chi connectivity index (χ1n) is 7.16. The molecule has 22 heavy (non-hydrogen) atoms. The summed E-state index contributed by atoms with van der Waals surface area (Å²) < 4.78 is 2.10. The first-order chi connectivity index (χ1) is 10.7. The number of hydrogen-bond acceptors (Lipinski definition) is 3. The average Bonchev–Trinajstić information content (AvgIpc) is 3.15. The molecule has 4 rings (SSSR count). The van der Waals surface area contributed by atoms with Crippen molar-refractivity contribution in [2.75, 3.05) is 5.32 Å². The van der Waals surface area contributed by atoms with E-state index in [1.54, 1.807) is 12.4 Å². The molecule has 0 aliphatic carbocycles. The zero-order chi connectivity index (χ0) is 15.1. The highest BCUT2D eigenvalue weighted by Gasteiger charge is 2.32. The number of aromatic amines is 1. The fourth-order valence-electron chi connectivity index (χ4n) is 3.10. The molecule has 0 aromatic carbocycles. The fraction of sp³-hybridized carbons (Fsp3) is 0.188. The molecular formula is C16H15N5O. The number of amides is 1. The number of aromatic nitrogens is 4. The van der Waals surface area contributed by atoms with Crippen molar-refractivity contribution in [3.8, 4) is 5.69 Å². The summed E-state index contributed by atoms with van der Waals surface area (Å²) >= 11 is 0. The van der Waals surface area contributed by atoms with Gasteiger partial charge < -0.3 is 9.88 Å². The van der Waals surface area contributed by atoms with Crippen molar-refractivity contribution in [2.45, 2.75) is 19.3 Å². The molecule has 0 saturated carbocycles. The third-order valence-electron chi connectivity index (χ3n) is 4.07. The molecule has 110 valence electrons. The van der Waals surface area contributed by atoms with Crippen LogP contribution in [0.25, 0.3) is 5.69 Å². The summed E-state index contributed by atoms with van der Waals surface area (Å²) in [5.41, 5.74) is 4.16. The van der Waals surface area contributed by atoms with E-state index in [0.717, 1.165) is 22.6 Å². The van der Waals surface area contributed by atoms with Crippen molar-refractivity contribution in [2.24, 2.45) is 0 Å². The number of pyridine rings is 1. The van der Waals surface area contributed by atoms with Crippen LogP contribution >= 0.6 is 0 Å². The Hall–Kier alpha value is -2.89. The maximum absolute atomic E-state index is 12.0. The molecule has 0 spiro atoms. The average molecular weight is 293 g/mol. The lowest BCUT2D eigenvalue weighted by atomic mass is 9.89. The van der Waals surface area contributed by atoms with Gasteiger partial charge in [0.1, 0.15) is 0 Å². The Kier molecular flexibility index (Phi) is 2.82. The van der Waals surface area contributed by atoms with Crippen molar-refractivity contribution >= 4 is 11.7 Å². The van der Waals surface area contributed by atoms with E-state index < -0.39 is 0 Å². The monoisotopic (exact) mass is 293 g/mol. The lowest BCUT2D eigenvalue weighted by Gasteiger charge is -2.24. The molecule has 4 heterocycles. The largest absolute Gasteiger partial charge is 0.320 e. The second kappa shape index (κ2) is 4.84. The summed E-state index contributed by atoms with van der Waals surface area (Å²) in [4.78, 5) is 16.1. The van der Waals surface area contributed by atoms with Gasteiger partial charge in [-0.3, -0.25) is 14.9 Å². The summed E-state index contributed by atoms with van der Waals surface area (Å²) in [5, 5.41) is 9.99. The number of aryl methyl sites for hydroxylation is 1. The minimum atomic E-state index is -0.00864. The third kappa shape index (κ3) is 1.92. The number of carbonyl (C=O) groups excluding carboxylic acids is 1. The van der Waals surface area contributed by atoms with Crippen LogP contribution in [-0.2, 0) is 4.79 Å². The van der Waals surface area contributed by atoms with Crippen molar-refractivity contribution in [1.82, 2.24) is 19.7 Å². The van der Waals surface area contributed by atoms with Crippen molar-refractivity contribution < 1.29 is 4.79 Å². The first kappa shape index (κ1) is 12.8. The Bertz CT molecular complexity index is 833. The lowest BCUT2D eigenvalue weighted by molar-refractivity contribution is -0.116. The minimum absolute atomic E-state index is 0.00789. The molecule has 1 aliphatic heterocycles. The van der Waals surface area contributed by atoms with Gasteiger partial charge in [0, 0.05) is 53.6 Å². The topological polar surface area (TPSA) is 75.6 Å². The number of carbonyl (C=O) groups is 1. The molecule has 2 N–H and O–H groups in total. The van der Waals surface area contributed by atoms with Crippen LogP contribution in [0, 0.1) is 6.92 Å². The highest BCUT2D eigenvalue weighted by Crippen LogP contribution is 2.38. The quantitative estimate of drug-likeness (QED) is 0.761. The summed E-state index contributed by atoms with van der Waals surface area (Å²) in [6.07, 6.45) is 5.96. The highest BCUT2D eigenvalue weighted by atomic mass is 16.1. The van der Waals surface area contributed by atoms with Crippen LogP contribution in [0.1, 0.15) is 29.3 Å². The number of anilines is 1. The Labute approximate surface area is 127 Å². The molecule has 6 heteroatoms. The SMILES string of the molecule is Cc1[nH]nc2c1C(c1cccn1-c1ccncc1)CC(=O)N2. The number of rotatable bonds is 2. The number of fused-ring (bicyclic) bond motifs is 1. The van der Waals surface area contributed by atoms with Gasteiger partial charge in [0.15, 0.2) is 5.82 Å². The maximum Gasteiger partial charge on any atom is 0.226 e. The van der Waals surface area contributed by atoms with Gasteiger partial charge in [-0.15, -0.1) is 0 Å². The second-order valence-electron chi connectivity index (χ2n) is 5.42. The molecule has 1 unspecified atom stereocenters. The van der Waals surface area contributed by atoms with Gasteiger partial charge >= 0.3 is 0 Å². The summed E-state index contributed by atoms with van der Waals surface area (Å²) in [6, 6.07) is 7.96. The van der Waals surface area contributed by atoms with E-state index in [1.165, 1.54) is 0 Å². The molecule has 1 amide bonds. The molecule has 6 nitrogen and oxygen atoms in total. The molecule has 3 aromatic heterocycles. The zero-order valence-electron chi connectivity index (χ0n) is 12.1. The molecule has 0 saturated heterocycles. The van der Waals surface area contributed by atoms with Crippen LogP contribution in [-0.4, -0.2) is 25.7 Å². The molecule has 0 radical (unpaired) electrons. The molecular weight excluding hydrogens is 278 g/mol. The standard InChI is InChI=1S/C16H15N5O/c1-10-15-12(9-14(22)18-16(15)20-19-10)13-3-2-8-21(13)11-4-6-17-7-5-11/h2-8,12H,9H2,1H3,(H2,18,19,20,22). The zero-order valence-corrected chi connectivity index (χ0v) is 12.1. The van der Waals surface area contributed by atoms with E-state index in [2.05, 4.69) is 31.1 Å². The van der Waals surface area contributed by atoms with E-state index in [-0.39, 0.29) is 11.8 Å². The summed E-state index contributed by atoms with van der Waals surface area (Å²) in [6.45, 7) is 1.98. The Morgan fingerprint density at radius 1 is 1.27 bits per heavy atom.